The molecule has 0 fully saturated rings. The molecule has 0 aliphatic carbocycles. The molecular weight excluding hydrogens is 278 g/mol. The molecule has 0 bridgehead atoms. The summed E-state index contributed by atoms with van der Waals surface area (Å²) in [7, 11) is 0. The Kier molecular flexibility index (Phi) is 4.65. The maximum absolute atomic E-state index is 11.0. The van der Waals surface area contributed by atoms with Crippen LogP contribution in [0.3, 0.4) is 0 Å². The van der Waals surface area contributed by atoms with E-state index in [0.717, 1.165) is 5.56 Å². The van der Waals surface area contributed by atoms with Crippen LogP contribution in [0.2, 0.25) is 5.02 Å². The number of nitro benzene ring substituents is 1. The molecule has 0 spiro atoms. The van der Waals surface area contributed by atoms with Crippen molar-refractivity contribution in [3.05, 3.63) is 69.0 Å². The highest BCUT2D eigenvalue weighted by Gasteiger charge is 2.15. The predicted octanol–water partition coefficient (Wildman–Crippen LogP) is 3.49. The zero-order valence-corrected chi connectivity index (χ0v) is 11.7. The molecule has 2 aromatic rings. The average Bonchev–Trinajstić information content (AvgIpc) is 2.46. The lowest BCUT2D eigenvalue weighted by molar-refractivity contribution is -0.385. The minimum Gasteiger partial charge on any atom is -0.306 e. The van der Waals surface area contributed by atoms with Crippen LogP contribution in [-0.2, 0) is 6.54 Å². The number of aromatic nitrogens is 1. The minimum atomic E-state index is -0.417. The lowest BCUT2D eigenvalue weighted by Crippen LogP contribution is -2.18. The summed E-state index contributed by atoms with van der Waals surface area (Å²) in [5.41, 5.74) is 1.73. The van der Waals surface area contributed by atoms with E-state index in [0.29, 0.717) is 17.1 Å². The van der Waals surface area contributed by atoms with Crippen molar-refractivity contribution in [2.75, 3.05) is 0 Å². The van der Waals surface area contributed by atoms with Crippen LogP contribution < -0.4 is 5.32 Å². The Hall–Kier alpha value is -1.98. The van der Waals surface area contributed by atoms with E-state index < -0.39 is 4.92 Å². The van der Waals surface area contributed by atoms with Gasteiger partial charge in [0.2, 0.25) is 0 Å². The van der Waals surface area contributed by atoms with Gasteiger partial charge in [0.05, 0.1) is 4.92 Å². The van der Waals surface area contributed by atoms with Gasteiger partial charge in [-0.05, 0) is 36.8 Å². The number of nitrogens with one attached hydrogen (secondary N) is 1. The van der Waals surface area contributed by atoms with E-state index in [9.17, 15) is 10.1 Å². The lowest BCUT2D eigenvalue weighted by atomic mass is 10.1. The van der Waals surface area contributed by atoms with Crippen molar-refractivity contribution < 1.29 is 4.92 Å². The smallest absolute Gasteiger partial charge is 0.275 e. The van der Waals surface area contributed by atoms with Gasteiger partial charge in [-0.1, -0.05) is 11.6 Å². The molecule has 0 saturated heterocycles. The van der Waals surface area contributed by atoms with Crippen LogP contribution in [0.4, 0.5) is 5.69 Å². The van der Waals surface area contributed by atoms with Gasteiger partial charge in [0.1, 0.15) is 0 Å². The molecule has 1 heterocycles. The van der Waals surface area contributed by atoms with Crippen molar-refractivity contribution in [2.24, 2.45) is 0 Å². The SMILES string of the molecule is C[C@@H](NCc1ccc(Cl)cc1[N+](=O)[O-])c1ccncc1. The molecule has 6 heteroatoms. The topological polar surface area (TPSA) is 68.1 Å². The van der Waals surface area contributed by atoms with Gasteiger partial charge < -0.3 is 5.32 Å². The van der Waals surface area contributed by atoms with E-state index in [1.165, 1.54) is 6.07 Å². The molecule has 1 aromatic heterocycles. The fraction of sp³-hybridized carbons (Fsp3) is 0.214. The second kappa shape index (κ2) is 6.45. The monoisotopic (exact) mass is 291 g/mol. The first-order valence-electron chi connectivity index (χ1n) is 6.14. The number of rotatable bonds is 5. The van der Waals surface area contributed by atoms with Crippen LogP contribution in [0.15, 0.2) is 42.7 Å². The van der Waals surface area contributed by atoms with Crippen molar-refractivity contribution in [3.8, 4) is 0 Å². The summed E-state index contributed by atoms with van der Waals surface area (Å²) in [6.45, 7) is 2.40. The van der Waals surface area contributed by atoms with E-state index in [1.54, 1.807) is 24.5 Å². The largest absolute Gasteiger partial charge is 0.306 e. The summed E-state index contributed by atoms with van der Waals surface area (Å²) >= 11 is 5.79. The third-order valence-corrected chi connectivity index (χ3v) is 3.28. The number of hydrogen-bond donors (Lipinski definition) is 1. The van der Waals surface area contributed by atoms with Gasteiger partial charge >= 0.3 is 0 Å². The predicted molar refractivity (Wildman–Crippen MR) is 77.6 cm³/mol. The Labute approximate surface area is 121 Å². The van der Waals surface area contributed by atoms with Crippen molar-refractivity contribution in [2.45, 2.75) is 19.5 Å². The quantitative estimate of drug-likeness (QED) is 0.676. The van der Waals surface area contributed by atoms with Gasteiger partial charge in [0.15, 0.2) is 0 Å². The standard InChI is InChI=1S/C14H14ClN3O2/c1-10(11-4-6-16-7-5-11)17-9-12-2-3-13(15)8-14(12)18(19)20/h2-8,10,17H,9H2,1H3/t10-/m1/s1. The molecule has 5 nitrogen and oxygen atoms in total. The number of pyridine rings is 1. The van der Waals surface area contributed by atoms with Crippen molar-refractivity contribution in [3.63, 3.8) is 0 Å². The third kappa shape index (κ3) is 3.53. The normalized spacial score (nSPS) is 12.1. The van der Waals surface area contributed by atoms with Gasteiger partial charge in [-0.15, -0.1) is 0 Å². The summed E-state index contributed by atoms with van der Waals surface area (Å²) in [5.74, 6) is 0. The molecule has 1 aromatic carbocycles. The van der Waals surface area contributed by atoms with E-state index in [4.69, 9.17) is 11.6 Å². The fourth-order valence-corrected chi connectivity index (χ4v) is 2.06. The summed E-state index contributed by atoms with van der Waals surface area (Å²) in [4.78, 5) is 14.5. The molecule has 2 rings (SSSR count). The highest BCUT2D eigenvalue weighted by atomic mass is 35.5. The molecule has 104 valence electrons. The van der Waals surface area contributed by atoms with Gasteiger partial charge in [0.25, 0.3) is 5.69 Å². The summed E-state index contributed by atoms with van der Waals surface area (Å²) in [6.07, 6.45) is 3.44. The zero-order chi connectivity index (χ0) is 14.5. The molecule has 0 saturated carbocycles. The van der Waals surface area contributed by atoms with E-state index in [2.05, 4.69) is 10.3 Å². The van der Waals surface area contributed by atoms with E-state index in [-0.39, 0.29) is 11.7 Å². The summed E-state index contributed by atoms with van der Waals surface area (Å²) in [5, 5.41) is 14.6. The van der Waals surface area contributed by atoms with Crippen LogP contribution in [-0.4, -0.2) is 9.91 Å². The van der Waals surface area contributed by atoms with Gasteiger partial charge in [-0.3, -0.25) is 15.1 Å². The van der Waals surface area contributed by atoms with E-state index in [1.807, 2.05) is 19.1 Å². The molecule has 0 aliphatic heterocycles. The molecule has 0 amide bonds. The van der Waals surface area contributed by atoms with Gasteiger partial charge in [-0.2, -0.15) is 0 Å². The van der Waals surface area contributed by atoms with Crippen molar-refractivity contribution in [1.82, 2.24) is 10.3 Å². The second-order valence-corrected chi connectivity index (χ2v) is 4.85. The average molecular weight is 292 g/mol. The zero-order valence-electron chi connectivity index (χ0n) is 10.9. The Morgan fingerprint density at radius 2 is 2.05 bits per heavy atom. The first-order valence-corrected chi connectivity index (χ1v) is 6.52. The second-order valence-electron chi connectivity index (χ2n) is 4.41. The molecule has 20 heavy (non-hydrogen) atoms. The van der Waals surface area contributed by atoms with Crippen LogP contribution >= 0.6 is 11.6 Å². The van der Waals surface area contributed by atoms with Gasteiger partial charge in [0, 0.05) is 41.6 Å². The number of benzene rings is 1. The fourth-order valence-electron chi connectivity index (χ4n) is 1.89. The Morgan fingerprint density at radius 3 is 2.70 bits per heavy atom. The lowest BCUT2D eigenvalue weighted by Gasteiger charge is -2.14. The molecule has 0 unspecified atom stereocenters. The number of nitrogens with zero attached hydrogens (tertiary/aromatic N) is 2. The highest BCUT2D eigenvalue weighted by Crippen LogP contribution is 2.23. The Balaban J connectivity index is 2.09. The molecule has 0 radical (unpaired) electrons. The first kappa shape index (κ1) is 14.4. The molecule has 1 atom stereocenters. The first-order chi connectivity index (χ1) is 9.58. The Morgan fingerprint density at radius 1 is 1.35 bits per heavy atom. The van der Waals surface area contributed by atoms with Crippen LogP contribution in [0.25, 0.3) is 0 Å². The number of halogens is 1. The number of hydrogen-bond acceptors (Lipinski definition) is 4. The maximum atomic E-state index is 11.0. The molecular formula is C14H14ClN3O2. The highest BCUT2D eigenvalue weighted by molar-refractivity contribution is 6.30. The molecule has 1 N–H and O–H groups in total. The van der Waals surface area contributed by atoms with Crippen LogP contribution in [0.1, 0.15) is 24.1 Å². The minimum absolute atomic E-state index is 0.0342. The van der Waals surface area contributed by atoms with Gasteiger partial charge in [-0.25, -0.2) is 0 Å². The van der Waals surface area contributed by atoms with E-state index >= 15 is 0 Å². The third-order valence-electron chi connectivity index (χ3n) is 3.05. The van der Waals surface area contributed by atoms with Crippen molar-refractivity contribution in [1.29, 1.82) is 0 Å². The number of nitro groups is 1. The van der Waals surface area contributed by atoms with Crippen LogP contribution in [0.5, 0.6) is 0 Å². The Bertz CT molecular complexity index is 605. The maximum Gasteiger partial charge on any atom is 0.275 e. The summed E-state index contributed by atoms with van der Waals surface area (Å²) in [6, 6.07) is 8.60. The van der Waals surface area contributed by atoms with Crippen LogP contribution in [0, 0.1) is 10.1 Å². The summed E-state index contributed by atoms with van der Waals surface area (Å²) < 4.78 is 0. The van der Waals surface area contributed by atoms with Crippen molar-refractivity contribution >= 4 is 17.3 Å². The molecule has 0 aliphatic rings.